The predicted molar refractivity (Wildman–Crippen MR) is 81.3 cm³/mol. The molecule has 2 aliphatic rings. The van der Waals surface area contributed by atoms with Gasteiger partial charge in [-0.15, -0.1) is 0 Å². The number of aromatic nitrogens is 2. The van der Waals surface area contributed by atoms with E-state index >= 15 is 0 Å². The van der Waals surface area contributed by atoms with Crippen molar-refractivity contribution >= 4 is 11.6 Å². The highest BCUT2D eigenvalue weighted by Crippen LogP contribution is 2.46. The maximum absolute atomic E-state index is 12.8. The van der Waals surface area contributed by atoms with Crippen LogP contribution in [0.15, 0.2) is 24.5 Å². The van der Waals surface area contributed by atoms with Gasteiger partial charge >= 0.3 is 0 Å². The van der Waals surface area contributed by atoms with Gasteiger partial charge in [0.25, 0.3) is 5.91 Å². The molecule has 1 saturated carbocycles. The first-order valence-electron chi connectivity index (χ1n) is 7.82. The Hall–Kier alpha value is -1.92. The SMILES string of the molecule is NCc1ccc2nc(C(=O)N3CCC(O)C34CCC4)cn2c1. The lowest BCUT2D eigenvalue weighted by Gasteiger charge is -2.47. The number of fused-ring (bicyclic) bond motifs is 1. The lowest BCUT2D eigenvalue weighted by molar-refractivity contribution is -0.0209. The second-order valence-corrected chi connectivity index (χ2v) is 6.35. The molecular formula is C16H20N4O2. The summed E-state index contributed by atoms with van der Waals surface area (Å²) >= 11 is 0. The third-order valence-corrected chi connectivity index (χ3v) is 5.22. The van der Waals surface area contributed by atoms with Crippen LogP contribution in [0.2, 0.25) is 0 Å². The van der Waals surface area contributed by atoms with Gasteiger partial charge in [-0.3, -0.25) is 4.79 Å². The molecule has 0 aromatic carbocycles. The first-order chi connectivity index (χ1) is 10.6. The summed E-state index contributed by atoms with van der Waals surface area (Å²) in [5.41, 5.74) is 7.48. The standard InChI is InChI=1S/C16H20N4O2/c17-8-11-2-3-14-18-12(10-19(14)9-11)15(22)20-7-4-13(21)16(20)5-1-6-16/h2-3,9-10,13,21H,1,4-8,17H2. The number of pyridine rings is 1. The Bertz CT molecular complexity index is 735. The summed E-state index contributed by atoms with van der Waals surface area (Å²) < 4.78 is 1.84. The highest BCUT2D eigenvalue weighted by molar-refractivity contribution is 5.94. The molecule has 1 unspecified atom stereocenters. The van der Waals surface area contributed by atoms with E-state index in [0.717, 1.165) is 30.5 Å². The monoisotopic (exact) mass is 300 g/mol. The normalized spacial score (nSPS) is 23.2. The molecule has 116 valence electrons. The van der Waals surface area contributed by atoms with E-state index < -0.39 is 6.10 Å². The van der Waals surface area contributed by atoms with Crippen LogP contribution in [0, 0.1) is 0 Å². The second kappa shape index (κ2) is 4.79. The van der Waals surface area contributed by atoms with Crippen molar-refractivity contribution < 1.29 is 9.90 Å². The average Bonchev–Trinajstić information content (AvgIpc) is 3.05. The molecule has 3 N–H and O–H groups in total. The van der Waals surface area contributed by atoms with Crippen LogP contribution in [0.1, 0.15) is 41.7 Å². The molecular weight excluding hydrogens is 280 g/mol. The van der Waals surface area contributed by atoms with Crippen LogP contribution in [0.3, 0.4) is 0 Å². The third-order valence-electron chi connectivity index (χ3n) is 5.22. The number of hydrogen-bond acceptors (Lipinski definition) is 4. The number of rotatable bonds is 2. The Labute approximate surface area is 128 Å². The summed E-state index contributed by atoms with van der Waals surface area (Å²) in [5, 5.41) is 10.2. The van der Waals surface area contributed by atoms with E-state index in [1.54, 1.807) is 6.20 Å². The minimum absolute atomic E-state index is 0.0748. The number of nitrogens with two attached hydrogens (primary N) is 1. The fourth-order valence-corrected chi connectivity index (χ4v) is 3.77. The van der Waals surface area contributed by atoms with Gasteiger partial charge in [0.2, 0.25) is 0 Å². The molecule has 2 aromatic rings. The van der Waals surface area contributed by atoms with E-state index in [1.165, 1.54) is 0 Å². The van der Waals surface area contributed by atoms with Crippen molar-refractivity contribution in [1.82, 2.24) is 14.3 Å². The predicted octanol–water partition coefficient (Wildman–Crippen LogP) is 0.922. The average molecular weight is 300 g/mol. The summed E-state index contributed by atoms with van der Waals surface area (Å²) in [6.07, 6.45) is 6.79. The molecule has 2 aromatic heterocycles. The first kappa shape index (κ1) is 13.7. The van der Waals surface area contributed by atoms with Crippen LogP contribution >= 0.6 is 0 Å². The maximum atomic E-state index is 12.8. The molecule has 6 nitrogen and oxygen atoms in total. The van der Waals surface area contributed by atoms with Gasteiger partial charge in [0.05, 0.1) is 11.6 Å². The number of nitrogens with zero attached hydrogens (tertiary/aromatic N) is 3. The van der Waals surface area contributed by atoms with Crippen molar-refractivity contribution in [3.63, 3.8) is 0 Å². The number of likely N-dealkylation sites (tertiary alicyclic amines) is 1. The van der Waals surface area contributed by atoms with Gasteiger partial charge in [0, 0.05) is 25.5 Å². The molecule has 1 saturated heterocycles. The summed E-state index contributed by atoms with van der Waals surface area (Å²) in [6, 6.07) is 3.79. The number of aliphatic hydroxyl groups excluding tert-OH is 1. The molecule has 1 aliphatic carbocycles. The number of aliphatic hydroxyl groups is 1. The molecule has 6 heteroatoms. The van der Waals surface area contributed by atoms with Crippen LogP contribution in [-0.4, -0.2) is 43.5 Å². The molecule has 4 rings (SSSR count). The zero-order chi connectivity index (χ0) is 15.3. The molecule has 1 spiro atoms. The van der Waals surface area contributed by atoms with E-state index in [2.05, 4.69) is 4.98 Å². The van der Waals surface area contributed by atoms with Crippen LogP contribution < -0.4 is 5.73 Å². The van der Waals surface area contributed by atoms with Crippen LogP contribution in [0.25, 0.3) is 5.65 Å². The maximum Gasteiger partial charge on any atom is 0.274 e. The highest BCUT2D eigenvalue weighted by atomic mass is 16.3. The zero-order valence-corrected chi connectivity index (χ0v) is 12.4. The van der Waals surface area contributed by atoms with Gasteiger partial charge in [-0.2, -0.15) is 0 Å². The van der Waals surface area contributed by atoms with Crippen molar-refractivity contribution in [3.05, 3.63) is 35.8 Å². The summed E-state index contributed by atoms with van der Waals surface area (Å²) in [5.74, 6) is -0.0748. The van der Waals surface area contributed by atoms with Crippen molar-refractivity contribution in [3.8, 4) is 0 Å². The topological polar surface area (TPSA) is 83.9 Å². The lowest BCUT2D eigenvalue weighted by atomic mass is 9.73. The van der Waals surface area contributed by atoms with E-state index in [-0.39, 0.29) is 11.4 Å². The minimum atomic E-state index is -0.397. The third kappa shape index (κ3) is 1.80. The highest BCUT2D eigenvalue weighted by Gasteiger charge is 2.54. The van der Waals surface area contributed by atoms with E-state index in [9.17, 15) is 9.90 Å². The smallest absolute Gasteiger partial charge is 0.274 e. The minimum Gasteiger partial charge on any atom is -0.391 e. The van der Waals surface area contributed by atoms with E-state index in [1.807, 2.05) is 27.6 Å². The van der Waals surface area contributed by atoms with Crippen molar-refractivity contribution in [1.29, 1.82) is 0 Å². The fourth-order valence-electron chi connectivity index (χ4n) is 3.77. The molecule has 1 aliphatic heterocycles. The number of hydrogen-bond donors (Lipinski definition) is 2. The second-order valence-electron chi connectivity index (χ2n) is 6.35. The Morgan fingerprint density at radius 1 is 1.41 bits per heavy atom. The largest absolute Gasteiger partial charge is 0.391 e. The van der Waals surface area contributed by atoms with Gasteiger partial charge in [-0.05, 0) is 37.3 Å². The van der Waals surface area contributed by atoms with E-state index in [4.69, 9.17) is 5.73 Å². The number of carbonyl (C=O) groups is 1. The quantitative estimate of drug-likeness (QED) is 0.864. The Morgan fingerprint density at radius 3 is 2.91 bits per heavy atom. The molecule has 3 heterocycles. The first-order valence-corrected chi connectivity index (χ1v) is 7.82. The van der Waals surface area contributed by atoms with Gasteiger partial charge in [-0.1, -0.05) is 6.07 Å². The molecule has 0 radical (unpaired) electrons. The Balaban J connectivity index is 1.68. The number of imidazole rings is 1. The van der Waals surface area contributed by atoms with Crippen molar-refractivity contribution in [2.45, 2.75) is 43.9 Å². The summed E-state index contributed by atoms with van der Waals surface area (Å²) in [6.45, 7) is 1.07. The Kier molecular flexibility index (Phi) is 2.99. The van der Waals surface area contributed by atoms with Gasteiger partial charge in [0.1, 0.15) is 11.3 Å². The van der Waals surface area contributed by atoms with Gasteiger partial charge < -0.3 is 20.1 Å². The van der Waals surface area contributed by atoms with Gasteiger partial charge in [0.15, 0.2) is 0 Å². The van der Waals surface area contributed by atoms with Crippen LogP contribution in [0.5, 0.6) is 0 Å². The Morgan fingerprint density at radius 2 is 2.23 bits per heavy atom. The van der Waals surface area contributed by atoms with E-state index in [0.29, 0.717) is 25.2 Å². The molecule has 1 atom stereocenters. The molecule has 22 heavy (non-hydrogen) atoms. The number of carbonyl (C=O) groups excluding carboxylic acids is 1. The zero-order valence-electron chi connectivity index (χ0n) is 12.4. The lowest BCUT2D eigenvalue weighted by Crippen LogP contribution is -2.57. The molecule has 0 bridgehead atoms. The summed E-state index contributed by atoms with van der Waals surface area (Å²) in [4.78, 5) is 19.1. The fraction of sp³-hybridized carbons (Fsp3) is 0.500. The number of amides is 1. The molecule has 1 amide bonds. The van der Waals surface area contributed by atoms with Gasteiger partial charge in [-0.25, -0.2) is 4.98 Å². The van der Waals surface area contributed by atoms with Crippen molar-refractivity contribution in [2.24, 2.45) is 5.73 Å². The summed E-state index contributed by atoms with van der Waals surface area (Å²) in [7, 11) is 0. The van der Waals surface area contributed by atoms with Crippen LogP contribution in [-0.2, 0) is 6.54 Å². The van der Waals surface area contributed by atoms with Crippen LogP contribution in [0.4, 0.5) is 0 Å². The molecule has 2 fully saturated rings. The van der Waals surface area contributed by atoms with Crippen molar-refractivity contribution in [2.75, 3.05) is 6.54 Å².